The molecule has 0 spiro atoms. The van der Waals surface area contributed by atoms with E-state index in [0.717, 1.165) is 5.52 Å². The summed E-state index contributed by atoms with van der Waals surface area (Å²) >= 11 is 0. The number of nitrogens with one attached hydrogen (secondary N) is 1. The van der Waals surface area contributed by atoms with Crippen LogP contribution in [-0.2, 0) is 0 Å². The van der Waals surface area contributed by atoms with E-state index in [1.807, 2.05) is 12.1 Å². The third-order valence-electron chi connectivity index (χ3n) is 2.61. The monoisotopic (exact) mass is 192 g/mol. The Balaban J connectivity index is 2.31. The van der Waals surface area contributed by atoms with Crippen LogP contribution in [0.4, 0.5) is 0 Å². The van der Waals surface area contributed by atoms with Crippen molar-refractivity contribution in [1.82, 2.24) is 4.98 Å². The van der Waals surface area contributed by atoms with Crippen LogP contribution < -0.4 is 0 Å². The van der Waals surface area contributed by atoms with Crippen molar-refractivity contribution in [3.63, 3.8) is 0 Å². The highest BCUT2D eigenvalue weighted by Crippen LogP contribution is 2.27. The van der Waals surface area contributed by atoms with Gasteiger partial charge in [-0.1, -0.05) is 42.5 Å². The van der Waals surface area contributed by atoms with Crippen molar-refractivity contribution in [1.29, 1.82) is 0 Å². The van der Waals surface area contributed by atoms with Gasteiger partial charge in [0.15, 0.2) is 0 Å². The number of rotatable bonds is 1. The fourth-order valence-corrected chi connectivity index (χ4v) is 1.89. The smallest absolute Gasteiger partial charge is 0.0630 e. The highest BCUT2D eigenvalue weighted by atomic mass is 14.7. The van der Waals surface area contributed by atoms with Crippen LogP contribution in [-0.4, -0.2) is 4.98 Å². The minimum atomic E-state index is 1.14. The van der Waals surface area contributed by atoms with E-state index >= 15 is 0 Å². The molecule has 1 N–H and O–H groups in total. The molecule has 0 aliphatic carbocycles. The van der Waals surface area contributed by atoms with Gasteiger partial charge in [0.1, 0.15) is 0 Å². The zero-order chi connectivity index (χ0) is 10.1. The molecule has 1 nitrogen and oxygen atoms in total. The normalized spacial score (nSPS) is 10.7. The molecule has 2 aromatic carbocycles. The first-order valence-corrected chi connectivity index (χ1v) is 4.98. The van der Waals surface area contributed by atoms with E-state index < -0.39 is 0 Å². The van der Waals surface area contributed by atoms with Crippen molar-refractivity contribution in [2.45, 2.75) is 0 Å². The average molecular weight is 192 g/mol. The molecule has 71 valence electrons. The first kappa shape index (κ1) is 8.30. The van der Waals surface area contributed by atoms with Crippen LogP contribution in [0.1, 0.15) is 0 Å². The van der Waals surface area contributed by atoms with Gasteiger partial charge in [-0.2, -0.15) is 0 Å². The van der Waals surface area contributed by atoms with Gasteiger partial charge in [-0.05, 0) is 23.3 Å². The van der Waals surface area contributed by atoms with E-state index in [0.29, 0.717) is 0 Å². The van der Waals surface area contributed by atoms with Gasteiger partial charge in [-0.25, -0.2) is 0 Å². The van der Waals surface area contributed by atoms with Gasteiger partial charge in [-0.3, -0.25) is 0 Å². The van der Waals surface area contributed by atoms with Crippen molar-refractivity contribution < 1.29 is 0 Å². The summed E-state index contributed by atoms with van der Waals surface area (Å²) in [6.07, 6.45) is 3.02. The number of hydrogen-bond donors (Lipinski definition) is 1. The molecule has 0 amide bonds. The zero-order valence-electron chi connectivity index (χ0n) is 8.20. The van der Waals surface area contributed by atoms with Gasteiger partial charge < -0.3 is 4.98 Å². The maximum Gasteiger partial charge on any atom is 0.0630 e. The van der Waals surface area contributed by atoms with Gasteiger partial charge in [0.05, 0.1) is 6.20 Å². The minimum absolute atomic E-state index is 1.14. The molecule has 3 rings (SSSR count). The zero-order valence-corrected chi connectivity index (χ0v) is 8.20. The summed E-state index contributed by atoms with van der Waals surface area (Å²) in [5.41, 5.74) is 3.64. The van der Waals surface area contributed by atoms with Crippen LogP contribution in [0.3, 0.4) is 0 Å². The van der Waals surface area contributed by atoms with Crippen LogP contribution in [0, 0.1) is 6.20 Å². The van der Waals surface area contributed by atoms with Crippen LogP contribution in [0.2, 0.25) is 0 Å². The van der Waals surface area contributed by atoms with E-state index in [-0.39, 0.29) is 0 Å². The van der Waals surface area contributed by atoms with E-state index in [9.17, 15) is 0 Å². The maximum absolute atomic E-state index is 3.10. The molecule has 15 heavy (non-hydrogen) atoms. The van der Waals surface area contributed by atoms with Crippen molar-refractivity contribution in [2.24, 2.45) is 0 Å². The summed E-state index contributed by atoms with van der Waals surface area (Å²) in [5.74, 6) is 0. The van der Waals surface area contributed by atoms with Gasteiger partial charge in [0.25, 0.3) is 0 Å². The Labute approximate surface area is 88.4 Å². The fourth-order valence-electron chi connectivity index (χ4n) is 1.89. The minimum Gasteiger partial charge on any atom is -0.353 e. The summed E-state index contributed by atoms with van der Waals surface area (Å²) in [4.78, 5) is 3.10. The third-order valence-corrected chi connectivity index (χ3v) is 2.61. The Kier molecular flexibility index (Phi) is 1.82. The lowest BCUT2D eigenvalue weighted by Gasteiger charge is -2.02. The number of benzene rings is 2. The molecule has 0 unspecified atom stereocenters. The molecule has 0 aliphatic heterocycles. The molecule has 3 aromatic rings. The summed E-state index contributed by atoms with van der Waals surface area (Å²) in [7, 11) is 0. The highest BCUT2D eigenvalue weighted by Gasteiger charge is 2.02. The molecule has 1 radical (unpaired) electrons. The molecular weight excluding hydrogens is 182 g/mol. The number of aromatic amines is 1. The lowest BCUT2D eigenvalue weighted by molar-refractivity contribution is 1.46. The average Bonchev–Trinajstić information content (AvgIpc) is 2.78. The molecule has 0 saturated heterocycles. The first-order chi connectivity index (χ1) is 7.45. The molecular formula is C14H10N. The highest BCUT2D eigenvalue weighted by molar-refractivity contribution is 5.94. The van der Waals surface area contributed by atoms with Crippen LogP contribution >= 0.6 is 0 Å². The largest absolute Gasteiger partial charge is 0.353 e. The van der Waals surface area contributed by atoms with Gasteiger partial charge in [0, 0.05) is 10.9 Å². The number of aromatic nitrogens is 1. The number of H-pyrrole nitrogens is 1. The molecule has 0 saturated carbocycles. The quantitative estimate of drug-likeness (QED) is 0.606. The van der Waals surface area contributed by atoms with Gasteiger partial charge >= 0.3 is 0 Å². The predicted octanol–water partition coefficient (Wildman–Crippen LogP) is 3.64. The van der Waals surface area contributed by atoms with E-state index in [2.05, 4.69) is 53.6 Å². The maximum atomic E-state index is 3.10. The molecule has 0 bridgehead atoms. The molecule has 0 aliphatic rings. The SMILES string of the molecule is [c]1cc2c(-c3ccccc3)cccc2[nH]1. The van der Waals surface area contributed by atoms with E-state index in [1.54, 1.807) is 0 Å². The molecule has 1 aromatic heterocycles. The lowest BCUT2D eigenvalue weighted by atomic mass is 10.0. The summed E-state index contributed by atoms with van der Waals surface area (Å²) in [5, 5.41) is 1.23. The summed E-state index contributed by atoms with van der Waals surface area (Å²) in [6.45, 7) is 0. The lowest BCUT2D eigenvalue weighted by Crippen LogP contribution is -1.77. The fraction of sp³-hybridized carbons (Fsp3) is 0. The van der Waals surface area contributed by atoms with Crippen LogP contribution in [0.5, 0.6) is 0 Å². The van der Waals surface area contributed by atoms with Crippen LogP contribution in [0.15, 0.2) is 54.6 Å². The predicted molar refractivity (Wildman–Crippen MR) is 62.6 cm³/mol. The second-order valence-corrected chi connectivity index (χ2v) is 3.55. The van der Waals surface area contributed by atoms with Crippen LogP contribution in [0.25, 0.3) is 22.0 Å². The van der Waals surface area contributed by atoms with Gasteiger partial charge in [0.2, 0.25) is 0 Å². The standard InChI is InChI=1S/C14H10N/c1-2-5-11(6-3-1)12-7-4-8-14-13(12)9-10-15-14/h1-9,15H. The third kappa shape index (κ3) is 1.33. The Morgan fingerprint density at radius 3 is 2.60 bits per heavy atom. The number of fused-ring (bicyclic) bond motifs is 1. The topological polar surface area (TPSA) is 15.8 Å². The number of hydrogen-bond acceptors (Lipinski definition) is 0. The van der Waals surface area contributed by atoms with Crippen molar-refractivity contribution >= 4 is 10.9 Å². The molecule has 1 heterocycles. The van der Waals surface area contributed by atoms with E-state index in [1.165, 1.54) is 16.5 Å². The molecule has 1 heteroatoms. The van der Waals surface area contributed by atoms with E-state index in [4.69, 9.17) is 0 Å². The van der Waals surface area contributed by atoms with Crippen molar-refractivity contribution in [2.75, 3.05) is 0 Å². The van der Waals surface area contributed by atoms with Gasteiger partial charge in [-0.15, -0.1) is 0 Å². The molecule has 0 atom stereocenters. The second kappa shape index (κ2) is 3.28. The second-order valence-electron chi connectivity index (χ2n) is 3.55. The Bertz CT molecular complexity index is 578. The Morgan fingerprint density at radius 1 is 0.867 bits per heavy atom. The summed E-state index contributed by atoms with van der Waals surface area (Å²) < 4.78 is 0. The van der Waals surface area contributed by atoms with Crippen molar-refractivity contribution in [3.8, 4) is 11.1 Å². The van der Waals surface area contributed by atoms with Crippen molar-refractivity contribution in [3.05, 3.63) is 60.8 Å². The Morgan fingerprint density at radius 2 is 1.73 bits per heavy atom. The molecule has 0 fully saturated rings. The Hall–Kier alpha value is -2.02. The summed E-state index contributed by atoms with van der Waals surface area (Å²) in [6, 6.07) is 18.7. The first-order valence-electron chi connectivity index (χ1n) is 4.98.